The monoisotopic (exact) mass is 497 g/mol. The zero-order valence-electron chi connectivity index (χ0n) is 20.3. The summed E-state index contributed by atoms with van der Waals surface area (Å²) < 4.78 is 0. The van der Waals surface area contributed by atoms with Crippen LogP contribution in [-0.2, 0) is 4.79 Å². The van der Waals surface area contributed by atoms with Crippen molar-refractivity contribution in [2.24, 2.45) is 5.92 Å². The summed E-state index contributed by atoms with van der Waals surface area (Å²) in [6.45, 7) is 7.29. The summed E-state index contributed by atoms with van der Waals surface area (Å²) in [7, 11) is 0. The number of likely N-dealkylation sites (tertiary alicyclic amines) is 1. The molecule has 0 bridgehead atoms. The maximum absolute atomic E-state index is 12.5. The van der Waals surface area contributed by atoms with Crippen molar-refractivity contribution in [2.75, 3.05) is 62.6 Å². The van der Waals surface area contributed by atoms with Crippen molar-refractivity contribution in [3.63, 3.8) is 0 Å². The number of carbonyl (C=O) groups is 2. The van der Waals surface area contributed by atoms with Crippen LogP contribution in [0.4, 0.5) is 16.2 Å². The smallest absolute Gasteiger partial charge is 0.321 e. The van der Waals surface area contributed by atoms with Gasteiger partial charge >= 0.3 is 6.03 Å². The SMILES string of the molecule is O=C(CC1CCN(C(=O)Nc2cccc(Cl)c2)CC1)NCCCN1CCN(c2ccccc2)CC1. The Balaban J connectivity index is 1.06. The Morgan fingerprint density at radius 2 is 1.66 bits per heavy atom. The quantitative estimate of drug-likeness (QED) is 0.533. The Hall–Kier alpha value is -2.77. The third kappa shape index (κ3) is 7.87. The second kappa shape index (κ2) is 12.8. The molecule has 0 atom stereocenters. The van der Waals surface area contributed by atoms with Crippen LogP contribution < -0.4 is 15.5 Å². The van der Waals surface area contributed by atoms with E-state index in [1.807, 2.05) is 17.0 Å². The number of halogens is 1. The van der Waals surface area contributed by atoms with Gasteiger partial charge in [-0.25, -0.2) is 4.79 Å². The molecule has 0 spiro atoms. The van der Waals surface area contributed by atoms with Gasteiger partial charge in [0.1, 0.15) is 0 Å². The number of nitrogens with one attached hydrogen (secondary N) is 2. The molecule has 0 unspecified atom stereocenters. The first-order valence-electron chi connectivity index (χ1n) is 12.7. The fraction of sp³-hybridized carbons (Fsp3) is 0.481. The number of piperidine rings is 1. The van der Waals surface area contributed by atoms with Gasteiger partial charge in [-0.3, -0.25) is 9.69 Å². The number of anilines is 2. The van der Waals surface area contributed by atoms with E-state index in [1.165, 1.54) is 5.69 Å². The van der Waals surface area contributed by atoms with Crippen molar-refractivity contribution >= 4 is 34.9 Å². The Kier molecular flexibility index (Phi) is 9.26. The molecule has 0 saturated carbocycles. The van der Waals surface area contributed by atoms with Gasteiger partial charge in [0.15, 0.2) is 0 Å². The lowest BCUT2D eigenvalue weighted by Gasteiger charge is -2.36. The van der Waals surface area contributed by atoms with Crippen molar-refractivity contribution < 1.29 is 9.59 Å². The molecular formula is C27H36ClN5O2. The average molecular weight is 498 g/mol. The number of hydrogen-bond acceptors (Lipinski definition) is 4. The minimum Gasteiger partial charge on any atom is -0.369 e. The molecule has 4 rings (SSSR count). The first kappa shape index (κ1) is 25.3. The zero-order chi connectivity index (χ0) is 24.5. The molecule has 188 valence electrons. The van der Waals surface area contributed by atoms with E-state index in [0.717, 1.165) is 58.5 Å². The van der Waals surface area contributed by atoms with Gasteiger partial charge in [-0.2, -0.15) is 0 Å². The van der Waals surface area contributed by atoms with Gasteiger partial charge in [-0.1, -0.05) is 35.9 Å². The number of amides is 3. The van der Waals surface area contributed by atoms with E-state index in [2.05, 4.69) is 50.8 Å². The van der Waals surface area contributed by atoms with Crippen molar-refractivity contribution in [3.8, 4) is 0 Å². The molecule has 2 heterocycles. The van der Waals surface area contributed by atoms with Crippen molar-refractivity contribution in [3.05, 3.63) is 59.6 Å². The number of hydrogen-bond donors (Lipinski definition) is 2. The largest absolute Gasteiger partial charge is 0.369 e. The van der Waals surface area contributed by atoms with E-state index >= 15 is 0 Å². The summed E-state index contributed by atoms with van der Waals surface area (Å²) in [5.74, 6) is 0.456. The molecule has 2 aromatic carbocycles. The van der Waals surface area contributed by atoms with Gasteiger partial charge < -0.3 is 20.4 Å². The van der Waals surface area contributed by atoms with Gasteiger partial charge in [-0.15, -0.1) is 0 Å². The molecule has 2 fully saturated rings. The van der Waals surface area contributed by atoms with Crippen LogP contribution in [0.25, 0.3) is 0 Å². The van der Waals surface area contributed by atoms with E-state index in [9.17, 15) is 9.59 Å². The topological polar surface area (TPSA) is 67.9 Å². The molecule has 2 aromatic rings. The number of benzene rings is 2. The summed E-state index contributed by atoms with van der Waals surface area (Å²) >= 11 is 5.99. The molecule has 2 N–H and O–H groups in total. The second-order valence-corrected chi connectivity index (χ2v) is 9.88. The standard InChI is InChI=1S/C27H36ClN5O2/c28-23-6-4-7-24(21-23)30-27(35)33-14-10-22(11-15-33)20-26(34)29-12-5-13-31-16-18-32(19-17-31)25-8-2-1-3-9-25/h1-4,6-9,21-22H,5,10-20H2,(H,29,34)(H,30,35). The molecule has 35 heavy (non-hydrogen) atoms. The first-order valence-corrected chi connectivity index (χ1v) is 13.0. The van der Waals surface area contributed by atoms with Gasteiger partial charge in [0.05, 0.1) is 0 Å². The van der Waals surface area contributed by atoms with E-state index in [1.54, 1.807) is 12.1 Å². The molecule has 2 saturated heterocycles. The van der Waals surface area contributed by atoms with E-state index in [-0.39, 0.29) is 11.9 Å². The number of piperazine rings is 1. The van der Waals surface area contributed by atoms with E-state index in [0.29, 0.717) is 36.1 Å². The molecule has 0 aliphatic carbocycles. The van der Waals surface area contributed by atoms with Crippen LogP contribution in [-0.4, -0.2) is 74.1 Å². The van der Waals surface area contributed by atoms with E-state index < -0.39 is 0 Å². The first-order chi connectivity index (χ1) is 17.1. The summed E-state index contributed by atoms with van der Waals surface area (Å²) in [5, 5.41) is 6.59. The minimum atomic E-state index is -0.111. The molecule has 0 radical (unpaired) electrons. The molecule has 3 amide bonds. The van der Waals surface area contributed by atoms with Gasteiger partial charge in [0, 0.05) is 68.6 Å². The molecule has 0 aromatic heterocycles. The normalized spacial score (nSPS) is 17.3. The maximum Gasteiger partial charge on any atom is 0.321 e. The maximum atomic E-state index is 12.5. The van der Waals surface area contributed by atoms with Crippen LogP contribution in [0.5, 0.6) is 0 Å². The lowest BCUT2D eigenvalue weighted by molar-refractivity contribution is -0.122. The van der Waals surface area contributed by atoms with Crippen molar-refractivity contribution in [1.29, 1.82) is 0 Å². The number of para-hydroxylation sites is 1. The third-order valence-electron chi connectivity index (χ3n) is 6.92. The number of rotatable bonds is 8. The summed E-state index contributed by atoms with van der Waals surface area (Å²) in [6.07, 6.45) is 3.21. The summed E-state index contributed by atoms with van der Waals surface area (Å²) in [4.78, 5) is 31.6. The predicted molar refractivity (Wildman–Crippen MR) is 142 cm³/mol. The molecule has 2 aliphatic rings. The Morgan fingerprint density at radius 1 is 0.914 bits per heavy atom. The molecule has 8 heteroatoms. The molecule has 2 aliphatic heterocycles. The fourth-order valence-electron chi connectivity index (χ4n) is 4.84. The van der Waals surface area contributed by atoms with Crippen molar-refractivity contribution in [2.45, 2.75) is 25.7 Å². The molecular weight excluding hydrogens is 462 g/mol. The number of urea groups is 1. The van der Waals surface area contributed by atoms with Crippen LogP contribution in [0, 0.1) is 5.92 Å². The van der Waals surface area contributed by atoms with Crippen LogP contribution in [0.1, 0.15) is 25.7 Å². The highest BCUT2D eigenvalue weighted by molar-refractivity contribution is 6.30. The van der Waals surface area contributed by atoms with Crippen LogP contribution in [0.3, 0.4) is 0 Å². The highest BCUT2D eigenvalue weighted by Gasteiger charge is 2.24. The van der Waals surface area contributed by atoms with Gasteiger partial charge in [0.25, 0.3) is 0 Å². The van der Waals surface area contributed by atoms with Crippen molar-refractivity contribution in [1.82, 2.24) is 15.1 Å². The fourth-order valence-corrected chi connectivity index (χ4v) is 5.03. The average Bonchev–Trinajstić information content (AvgIpc) is 2.88. The second-order valence-electron chi connectivity index (χ2n) is 9.44. The van der Waals surface area contributed by atoms with Crippen LogP contribution in [0.15, 0.2) is 54.6 Å². The third-order valence-corrected chi connectivity index (χ3v) is 7.15. The Labute approximate surface area is 213 Å². The highest BCUT2D eigenvalue weighted by Crippen LogP contribution is 2.22. The molecule has 7 nitrogen and oxygen atoms in total. The lowest BCUT2D eigenvalue weighted by atomic mass is 9.93. The summed E-state index contributed by atoms with van der Waals surface area (Å²) in [6, 6.07) is 17.6. The van der Waals surface area contributed by atoms with Crippen LogP contribution >= 0.6 is 11.6 Å². The zero-order valence-corrected chi connectivity index (χ0v) is 21.1. The lowest BCUT2D eigenvalue weighted by Crippen LogP contribution is -2.47. The van der Waals surface area contributed by atoms with E-state index in [4.69, 9.17) is 11.6 Å². The summed E-state index contributed by atoms with van der Waals surface area (Å²) in [5.41, 5.74) is 1.99. The Morgan fingerprint density at radius 3 is 2.37 bits per heavy atom. The predicted octanol–water partition coefficient (Wildman–Crippen LogP) is 4.30. The Bertz CT molecular complexity index is 957. The van der Waals surface area contributed by atoms with Gasteiger partial charge in [-0.05, 0) is 62.1 Å². The van der Waals surface area contributed by atoms with Gasteiger partial charge in [0.2, 0.25) is 5.91 Å². The number of carbonyl (C=O) groups excluding carboxylic acids is 2. The minimum absolute atomic E-state index is 0.111. The number of nitrogens with zero attached hydrogens (tertiary/aromatic N) is 3. The highest BCUT2D eigenvalue weighted by atomic mass is 35.5. The van der Waals surface area contributed by atoms with Crippen LogP contribution in [0.2, 0.25) is 5.02 Å².